The molecule has 3 aromatic rings. The average molecular weight is 309 g/mol. The smallest absolute Gasteiger partial charge is 0.268 e. The highest BCUT2D eigenvalue weighted by molar-refractivity contribution is 7.18. The fourth-order valence-corrected chi connectivity index (χ4v) is 3.99. The molecule has 4 heteroatoms. The molecule has 0 amide bonds. The zero-order chi connectivity index (χ0) is 15.1. The predicted octanol–water partition coefficient (Wildman–Crippen LogP) is 4.04. The van der Waals surface area contributed by atoms with E-state index < -0.39 is 0 Å². The molecule has 0 bridgehead atoms. The topological polar surface area (TPSA) is 16.4 Å². The van der Waals surface area contributed by atoms with Crippen LogP contribution in [0.15, 0.2) is 54.4 Å². The molecule has 1 aliphatic rings. The molecule has 110 valence electrons. The molecule has 0 radical (unpaired) electrons. The third-order valence-corrected chi connectivity index (χ3v) is 5.08. The van der Waals surface area contributed by atoms with Crippen molar-refractivity contribution in [1.29, 1.82) is 0 Å². The molecule has 0 N–H and O–H groups in total. The van der Waals surface area contributed by atoms with Crippen LogP contribution >= 0.6 is 11.3 Å². The minimum absolute atomic E-state index is 0.870. The Balaban J connectivity index is 1.81. The molecular weight excluding hydrogens is 292 g/mol. The first-order valence-electron chi connectivity index (χ1n) is 7.41. The van der Waals surface area contributed by atoms with Crippen molar-refractivity contribution >= 4 is 33.3 Å². The summed E-state index contributed by atoms with van der Waals surface area (Å²) >= 11 is 1.80. The Bertz CT molecular complexity index is 882. The van der Waals surface area contributed by atoms with Crippen LogP contribution in [0.2, 0.25) is 0 Å². The first-order valence-corrected chi connectivity index (χ1v) is 8.23. The third kappa shape index (κ3) is 1.99. The van der Waals surface area contributed by atoms with Gasteiger partial charge in [0, 0.05) is 13.1 Å². The molecule has 0 atom stereocenters. The Labute approximate surface area is 133 Å². The summed E-state index contributed by atoms with van der Waals surface area (Å²) in [4.78, 5) is 2.10. The number of aryl methyl sites for hydroxylation is 1. The highest BCUT2D eigenvalue weighted by atomic mass is 32.1. The van der Waals surface area contributed by atoms with Crippen molar-refractivity contribution in [1.82, 2.24) is 0 Å². The number of benzene rings is 2. The number of rotatable bonds is 2. The maximum Gasteiger partial charge on any atom is 0.268 e. The maximum atomic E-state index is 6.00. The van der Waals surface area contributed by atoms with Crippen LogP contribution in [-0.2, 0) is 6.54 Å². The molecule has 0 fully saturated rings. The van der Waals surface area contributed by atoms with E-state index in [4.69, 9.17) is 4.74 Å². The van der Waals surface area contributed by atoms with Crippen molar-refractivity contribution < 1.29 is 9.30 Å². The second kappa shape index (κ2) is 5.14. The van der Waals surface area contributed by atoms with Crippen molar-refractivity contribution in [2.24, 2.45) is 0 Å². The standard InChI is InChI=1S/C18H17N2OS/c1-3-20-14-9-5-7-11-16(14)22-18(20)12-17-19(2)13-8-4-6-10-15(13)21-17/h4-12H,3H2,1-2H3/q+1. The molecule has 0 saturated heterocycles. The first kappa shape index (κ1) is 13.3. The van der Waals surface area contributed by atoms with E-state index in [0.29, 0.717) is 0 Å². The van der Waals surface area contributed by atoms with Gasteiger partial charge in [0.1, 0.15) is 11.2 Å². The minimum Gasteiger partial charge on any atom is -0.438 e. The number of hydrogen-bond acceptors (Lipinski definition) is 3. The van der Waals surface area contributed by atoms with Crippen LogP contribution in [0.1, 0.15) is 11.9 Å². The second-order valence-electron chi connectivity index (χ2n) is 5.26. The summed E-state index contributed by atoms with van der Waals surface area (Å²) in [5.74, 6) is 1.79. The van der Waals surface area contributed by atoms with Crippen molar-refractivity contribution in [2.75, 3.05) is 11.9 Å². The van der Waals surface area contributed by atoms with E-state index in [9.17, 15) is 0 Å². The molecule has 0 saturated carbocycles. The van der Waals surface area contributed by atoms with E-state index in [1.807, 2.05) is 25.2 Å². The minimum atomic E-state index is 0.870. The largest absolute Gasteiger partial charge is 0.438 e. The van der Waals surface area contributed by atoms with E-state index in [2.05, 4.69) is 52.8 Å². The van der Waals surface area contributed by atoms with Crippen LogP contribution in [0.3, 0.4) is 0 Å². The van der Waals surface area contributed by atoms with E-state index in [-0.39, 0.29) is 0 Å². The highest BCUT2D eigenvalue weighted by Crippen LogP contribution is 2.38. The number of nitrogens with zero attached hydrogens (tertiary/aromatic N) is 2. The number of aromatic nitrogens is 1. The van der Waals surface area contributed by atoms with Crippen LogP contribution in [0, 0.1) is 0 Å². The monoisotopic (exact) mass is 309 g/mol. The third-order valence-electron chi connectivity index (χ3n) is 3.97. The van der Waals surface area contributed by atoms with Crippen molar-refractivity contribution in [3.8, 4) is 5.75 Å². The summed E-state index contributed by atoms with van der Waals surface area (Å²) in [6.45, 7) is 3.12. The number of ether oxygens (including phenoxy) is 1. The van der Waals surface area contributed by atoms with E-state index in [1.54, 1.807) is 11.3 Å². The Morgan fingerprint density at radius 1 is 1.14 bits per heavy atom. The lowest BCUT2D eigenvalue weighted by atomic mass is 10.3. The van der Waals surface area contributed by atoms with Gasteiger partial charge in [-0.1, -0.05) is 35.6 Å². The molecule has 3 nitrogen and oxygen atoms in total. The highest BCUT2D eigenvalue weighted by Gasteiger charge is 2.25. The van der Waals surface area contributed by atoms with E-state index in [1.165, 1.54) is 15.2 Å². The summed E-state index contributed by atoms with van der Waals surface area (Å²) in [6, 6.07) is 16.6. The van der Waals surface area contributed by atoms with Crippen LogP contribution < -0.4 is 14.2 Å². The van der Waals surface area contributed by atoms with Crippen molar-refractivity contribution in [2.45, 2.75) is 13.5 Å². The van der Waals surface area contributed by atoms with Gasteiger partial charge >= 0.3 is 0 Å². The molecule has 22 heavy (non-hydrogen) atoms. The number of hydrogen-bond donors (Lipinski definition) is 0. The molecule has 2 heterocycles. The Hall–Kier alpha value is -2.33. The lowest BCUT2D eigenvalue weighted by Crippen LogP contribution is -2.33. The van der Waals surface area contributed by atoms with Gasteiger partial charge in [-0.25, -0.2) is 0 Å². The second-order valence-corrected chi connectivity index (χ2v) is 6.33. The van der Waals surface area contributed by atoms with Gasteiger partial charge in [0.2, 0.25) is 11.4 Å². The van der Waals surface area contributed by atoms with Crippen molar-refractivity contribution in [3.63, 3.8) is 0 Å². The normalized spacial score (nSPS) is 15.4. The first-order chi connectivity index (χ1) is 10.8. The SMILES string of the molecule is CC[n+]1c(C=C2Oc3ccccc3N2C)sc2ccccc21. The zero-order valence-corrected chi connectivity index (χ0v) is 13.4. The van der Waals surface area contributed by atoms with Gasteiger partial charge in [0.05, 0.1) is 11.8 Å². The molecule has 1 aromatic heterocycles. The summed E-state index contributed by atoms with van der Waals surface area (Å²) < 4.78 is 9.63. The van der Waals surface area contributed by atoms with Crippen molar-refractivity contribution in [3.05, 3.63) is 59.4 Å². The van der Waals surface area contributed by atoms with Gasteiger partial charge in [-0.2, -0.15) is 4.57 Å². The average Bonchev–Trinajstić information content (AvgIpc) is 3.06. The number of anilines is 1. The predicted molar refractivity (Wildman–Crippen MR) is 91.1 cm³/mol. The van der Waals surface area contributed by atoms with E-state index >= 15 is 0 Å². The lowest BCUT2D eigenvalue weighted by Gasteiger charge is -2.09. The molecule has 0 spiro atoms. The van der Waals surface area contributed by atoms with Crippen LogP contribution in [0.4, 0.5) is 5.69 Å². The Kier molecular flexibility index (Phi) is 3.12. The van der Waals surface area contributed by atoms with Crippen LogP contribution in [0.5, 0.6) is 5.75 Å². The van der Waals surface area contributed by atoms with Gasteiger partial charge in [0.15, 0.2) is 5.75 Å². The number of fused-ring (bicyclic) bond motifs is 2. The fourth-order valence-electron chi connectivity index (χ4n) is 2.84. The molecule has 2 aromatic carbocycles. The fraction of sp³-hybridized carbons (Fsp3) is 0.167. The van der Waals surface area contributed by atoms with Gasteiger partial charge in [-0.3, -0.25) is 0 Å². The molecule has 0 aliphatic carbocycles. The Morgan fingerprint density at radius 2 is 1.91 bits per heavy atom. The molecule has 0 unspecified atom stereocenters. The number of para-hydroxylation sites is 3. The molecule has 4 rings (SSSR count). The quantitative estimate of drug-likeness (QED) is 0.664. The van der Waals surface area contributed by atoms with Gasteiger partial charge in [0.25, 0.3) is 5.01 Å². The van der Waals surface area contributed by atoms with Crippen LogP contribution in [-0.4, -0.2) is 7.05 Å². The number of thiazole rings is 1. The molecular formula is C18H17N2OS+. The van der Waals surface area contributed by atoms with Gasteiger partial charge in [-0.15, -0.1) is 0 Å². The summed E-state index contributed by atoms with van der Waals surface area (Å²) in [7, 11) is 2.04. The summed E-state index contributed by atoms with van der Waals surface area (Å²) in [6.07, 6.45) is 2.13. The summed E-state index contributed by atoms with van der Waals surface area (Å²) in [5, 5.41) is 1.21. The lowest BCUT2D eigenvalue weighted by molar-refractivity contribution is -0.665. The summed E-state index contributed by atoms with van der Waals surface area (Å²) in [5.41, 5.74) is 2.39. The van der Waals surface area contributed by atoms with Crippen LogP contribution in [0.25, 0.3) is 16.3 Å². The Morgan fingerprint density at radius 3 is 2.73 bits per heavy atom. The van der Waals surface area contributed by atoms with E-state index in [0.717, 1.165) is 23.9 Å². The zero-order valence-electron chi connectivity index (χ0n) is 12.6. The molecule has 1 aliphatic heterocycles. The van der Waals surface area contributed by atoms with Gasteiger partial charge < -0.3 is 9.64 Å². The maximum absolute atomic E-state index is 6.00. The van der Waals surface area contributed by atoms with Gasteiger partial charge in [-0.05, 0) is 25.1 Å².